The van der Waals surface area contributed by atoms with Crippen LogP contribution in [0.2, 0.25) is 0 Å². The highest BCUT2D eigenvalue weighted by molar-refractivity contribution is 9.10. The van der Waals surface area contributed by atoms with E-state index in [-0.39, 0.29) is 6.04 Å². The van der Waals surface area contributed by atoms with E-state index in [2.05, 4.69) is 39.9 Å². The van der Waals surface area contributed by atoms with E-state index in [1.54, 1.807) is 0 Å². The molecule has 0 spiro atoms. The minimum absolute atomic E-state index is 0.180. The van der Waals surface area contributed by atoms with Crippen molar-refractivity contribution in [3.05, 3.63) is 34.3 Å². The van der Waals surface area contributed by atoms with Crippen molar-refractivity contribution < 1.29 is 8.42 Å². The molecule has 0 amide bonds. The standard InChI is InChI=1S/C14H20BrNO2S/c1-11(12-4-3-5-13(15)8-12)9-16(2)14-6-7-19(17,18)10-14/h3-5,8,11,14H,6-7,9-10H2,1-2H3/t11-,14-/m1/s1. The second kappa shape index (κ2) is 5.94. The molecular formula is C14H20BrNO2S. The average molecular weight is 346 g/mol. The summed E-state index contributed by atoms with van der Waals surface area (Å²) < 4.78 is 24.1. The maximum Gasteiger partial charge on any atom is 0.151 e. The maximum atomic E-state index is 11.5. The van der Waals surface area contributed by atoms with Gasteiger partial charge in [0, 0.05) is 17.1 Å². The molecule has 0 saturated carbocycles. The van der Waals surface area contributed by atoms with Crippen molar-refractivity contribution in [1.82, 2.24) is 4.90 Å². The van der Waals surface area contributed by atoms with Gasteiger partial charge in [-0.2, -0.15) is 0 Å². The summed E-state index contributed by atoms with van der Waals surface area (Å²) in [6.45, 7) is 3.07. The number of likely N-dealkylation sites (N-methyl/N-ethyl adjacent to an activating group) is 1. The fraction of sp³-hybridized carbons (Fsp3) is 0.571. The summed E-state index contributed by atoms with van der Waals surface area (Å²) in [6.07, 6.45) is 0.768. The van der Waals surface area contributed by atoms with Crippen LogP contribution in [0, 0.1) is 0 Å². The predicted octanol–water partition coefficient (Wildman–Crippen LogP) is 2.67. The van der Waals surface area contributed by atoms with Gasteiger partial charge in [0.05, 0.1) is 11.5 Å². The Morgan fingerprint density at radius 2 is 2.21 bits per heavy atom. The summed E-state index contributed by atoms with van der Waals surface area (Å²) >= 11 is 3.48. The van der Waals surface area contributed by atoms with Crippen molar-refractivity contribution in [3.8, 4) is 0 Å². The lowest BCUT2D eigenvalue weighted by atomic mass is 10.0. The number of halogens is 1. The molecule has 1 aliphatic heterocycles. The highest BCUT2D eigenvalue weighted by Gasteiger charge is 2.31. The SMILES string of the molecule is C[C@H](CN(C)[C@@H]1CCS(=O)(=O)C1)c1cccc(Br)c1. The van der Waals surface area contributed by atoms with Crippen LogP contribution in [0.25, 0.3) is 0 Å². The van der Waals surface area contributed by atoms with E-state index >= 15 is 0 Å². The molecule has 1 aromatic carbocycles. The van der Waals surface area contributed by atoms with Gasteiger partial charge < -0.3 is 4.90 Å². The molecule has 2 atom stereocenters. The molecule has 1 heterocycles. The van der Waals surface area contributed by atoms with Gasteiger partial charge in [0.2, 0.25) is 0 Å². The molecule has 0 aliphatic carbocycles. The van der Waals surface area contributed by atoms with Crippen molar-refractivity contribution in [1.29, 1.82) is 0 Å². The van der Waals surface area contributed by atoms with Gasteiger partial charge >= 0.3 is 0 Å². The third-order valence-corrected chi connectivity index (χ3v) is 6.05. The zero-order valence-corrected chi connectivity index (χ0v) is 13.7. The smallest absolute Gasteiger partial charge is 0.151 e. The van der Waals surface area contributed by atoms with Gasteiger partial charge in [-0.3, -0.25) is 0 Å². The van der Waals surface area contributed by atoms with Crippen molar-refractivity contribution >= 4 is 25.8 Å². The van der Waals surface area contributed by atoms with Crippen molar-refractivity contribution in [3.63, 3.8) is 0 Å². The molecule has 0 aromatic heterocycles. The van der Waals surface area contributed by atoms with E-state index in [0.29, 0.717) is 17.4 Å². The van der Waals surface area contributed by atoms with Gasteiger partial charge in [0.1, 0.15) is 0 Å². The highest BCUT2D eigenvalue weighted by Crippen LogP contribution is 2.23. The van der Waals surface area contributed by atoms with Gasteiger partial charge in [-0.25, -0.2) is 8.42 Å². The van der Waals surface area contributed by atoms with E-state index in [1.807, 2.05) is 19.2 Å². The molecular weight excluding hydrogens is 326 g/mol. The first kappa shape index (κ1) is 15.0. The van der Waals surface area contributed by atoms with Crippen LogP contribution in [-0.2, 0) is 9.84 Å². The summed E-state index contributed by atoms with van der Waals surface area (Å²) in [7, 11) is -0.769. The van der Waals surface area contributed by atoms with E-state index in [1.165, 1.54) is 5.56 Å². The van der Waals surface area contributed by atoms with Gasteiger partial charge in [-0.1, -0.05) is 35.0 Å². The molecule has 1 aliphatic rings. The van der Waals surface area contributed by atoms with E-state index in [9.17, 15) is 8.42 Å². The van der Waals surface area contributed by atoms with Gasteiger partial charge in [-0.15, -0.1) is 0 Å². The number of hydrogen-bond donors (Lipinski definition) is 0. The Hall–Kier alpha value is -0.390. The van der Waals surface area contributed by atoms with E-state index < -0.39 is 9.84 Å². The van der Waals surface area contributed by atoms with Crippen LogP contribution in [0.3, 0.4) is 0 Å². The Bertz CT molecular complexity index is 544. The Morgan fingerprint density at radius 3 is 2.79 bits per heavy atom. The fourth-order valence-corrected chi connectivity index (χ4v) is 4.84. The van der Waals surface area contributed by atoms with Gasteiger partial charge in [-0.05, 0) is 37.1 Å². The zero-order valence-electron chi connectivity index (χ0n) is 11.3. The minimum Gasteiger partial charge on any atom is -0.302 e. The predicted molar refractivity (Wildman–Crippen MR) is 82.2 cm³/mol. The molecule has 19 heavy (non-hydrogen) atoms. The number of hydrogen-bond acceptors (Lipinski definition) is 3. The largest absolute Gasteiger partial charge is 0.302 e. The number of nitrogens with zero attached hydrogens (tertiary/aromatic N) is 1. The van der Waals surface area contributed by atoms with Gasteiger partial charge in [0.15, 0.2) is 9.84 Å². The van der Waals surface area contributed by atoms with Gasteiger partial charge in [0.25, 0.3) is 0 Å². The first-order valence-corrected chi connectivity index (χ1v) is 9.15. The Balaban J connectivity index is 1.97. The molecule has 1 fully saturated rings. The lowest BCUT2D eigenvalue weighted by molar-refractivity contribution is 0.250. The first-order valence-electron chi connectivity index (χ1n) is 6.53. The van der Waals surface area contributed by atoms with Crippen LogP contribution in [0.4, 0.5) is 0 Å². The second-order valence-electron chi connectivity index (χ2n) is 5.45. The van der Waals surface area contributed by atoms with Crippen LogP contribution in [-0.4, -0.2) is 44.5 Å². The molecule has 0 unspecified atom stereocenters. The Morgan fingerprint density at radius 1 is 1.47 bits per heavy atom. The lowest BCUT2D eigenvalue weighted by Crippen LogP contribution is -2.35. The van der Waals surface area contributed by atoms with Crippen LogP contribution < -0.4 is 0 Å². The highest BCUT2D eigenvalue weighted by atomic mass is 79.9. The van der Waals surface area contributed by atoms with Crippen LogP contribution in [0.5, 0.6) is 0 Å². The number of sulfone groups is 1. The number of benzene rings is 1. The van der Waals surface area contributed by atoms with Crippen LogP contribution in [0.15, 0.2) is 28.7 Å². The fourth-order valence-electron chi connectivity index (χ4n) is 2.62. The summed E-state index contributed by atoms with van der Waals surface area (Å²) in [4.78, 5) is 2.19. The summed E-state index contributed by atoms with van der Waals surface area (Å²) in [5, 5.41) is 0. The summed E-state index contributed by atoms with van der Waals surface area (Å²) in [5.74, 6) is 1.05. The quantitative estimate of drug-likeness (QED) is 0.841. The lowest BCUT2D eigenvalue weighted by Gasteiger charge is -2.26. The van der Waals surface area contributed by atoms with Crippen molar-refractivity contribution in [2.75, 3.05) is 25.1 Å². The molecule has 0 bridgehead atoms. The third kappa shape index (κ3) is 4.04. The van der Waals surface area contributed by atoms with Crippen molar-refractivity contribution in [2.45, 2.75) is 25.3 Å². The molecule has 1 saturated heterocycles. The Kier molecular flexibility index (Phi) is 4.69. The molecule has 3 nitrogen and oxygen atoms in total. The van der Waals surface area contributed by atoms with Crippen LogP contribution >= 0.6 is 15.9 Å². The number of rotatable bonds is 4. The van der Waals surface area contributed by atoms with Crippen molar-refractivity contribution in [2.24, 2.45) is 0 Å². The third-order valence-electron chi connectivity index (χ3n) is 3.81. The minimum atomic E-state index is -2.80. The molecule has 106 valence electrons. The zero-order chi connectivity index (χ0) is 14.0. The summed E-state index contributed by atoms with van der Waals surface area (Å²) in [5.41, 5.74) is 1.28. The topological polar surface area (TPSA) is 37.4 Å². The molecule has 0 radical (unpaired) electrons. The molecule has 5 heteroatoms. The Labute approximate surface area is 124 Å². The second-order valence-corrected chi connectivity index (χ2v) is 8.60. The van der Waals surface area contributed by atoms with E-state index in [0.717, 1.165) is 17.4 Å². The molecule has 2 rings (SSSR count). The maximum absolute atomic E-state index is 11.5. The van der Waals surface area contributed by atoms with Crippen LogP contribution in [0.1, 0.15) is 24.8 Å². The normalized spacial score (nSPS) is 23.7. The molecule has 1 aromatic rings. The monoisotopic (exact) mass is 345 g/mol. The van der Waals surface area contributed by atoms with E-state index in [4.69, 9.17) is 0 Å². The first-order chi connectivity index (χ1) is 8.87. The average Bonchev–Trinajstić information content (AvgIpc) is 2.69. The summed E-state index contributed by atoms with van der Waals surface area (Å²) in [6, 6.07) is 8.48. The molecule has 0 N–H and O–H groups in total.